The minimum Gasteiger partial charge on any atom is -0.484 e. The van der Waals surface area contributed by atoms with Crippen molar-refractivity contribution in [2.45, 2.75) is 39.2 Å². The Kier molecular flexibility index (Phi) is 8.86. The SMILES string of the molecule is CC(C)(C)OC(=O)NCCCCNC(=O)COc1ccc(Cl)c(Cl)c1. The Balaban J connectivity index is 2.09. The van der Waals surface area contributed by atoms with E-state index in [-0.39, 0.29) is 12.5 Å². The Hall–Kier alpha value is -1.66. The van der Waals surface area contributed by atoms with Gasteiger partial charge in [0.2, 0.25) is 0 Å². The molecule has 1 aromatic rings. The van der Waals surface area contributed by atoms with Crippen LogP contribution in [0.2, 0.25) is 10.0 Å². The first-order chi connectivity index (χ1) is 11.7. The van der Waals surface area contributed by atoms with Crippen LogP contribution in [0.15, 0.2) is 18.2 Å². The average Bonchev–Trinajstić information content (AvgIpc) is 2.50. The number of ether oxygens (including phenoxy) is 2. The lowest BCUT2D eigenvalue weighted by atomic mass is 10.2. The maximum Gasteiger partial charge on any atom is 0.407 e. The summed E-state index contributed by atoms with van der Waals surface area (Å²) in [6.45, 7) is 6.31. The second kappa shape index (κ2) is 10.4. The number of carbonyl (C=O) groups is 2. The second-order valence-electron chi connectivity index (χ2n) is 6.35. The fraction of sp³-hybridized carbons (Fsp3) is 0.529. The van der Waals surface area contributed by atoms with Crippen LogP contribution in [0.5, 0.6) is 5.75 Å². The predicted octanol–water partition coefficient (Wildman–Crippen LogP) is 3.79. The van der Waals surface area contributed by atoms with Crippen molar-refractivity contribution in [1.29, 1.82) is 0 Å². The van der Waals surface area contributed by atoms with Crippen LogP contribution in [0.25, 0.3) is 0 Å². The first kappa shape index (κ1) is 21.4. The third kappa shape index (κ3) is 10.0. The van der Waals surface area contributed by atoms with Crippen LogP contribution in [0.3, 0.4) is 0 Å². The number of halogens is 2. The molecule has 8 heteroatoms. The molecule has 0 saturated carbocycles. The van der Waals surface area contributed by atoms with E-state index in [2.05, 4.69) is 10.6 Å². The van der Waals surface area contributed by atoms with Gasteiger partial charge in [0.25, 0.3) is 5.91 Å². The molecule has 2 amide bonds. The molecular weight excluding hydrogens is 367 g/mol. The van der Waals surface area contributed by atoms with Crippen LogP contribution in [0.1, 0.15) is 33.6 Å². The van der Waals surface area contributed by atoms with Gasteiger partial charge in [0, 0.05) is 19.2 Å². The van der Waals surface area contributed by atoms with Crippen LogP contribution in [-0.2, 0) is 9.53 Å². The third-order valence-corrected chi connectivity index (χ3v) is 3.59. The van der Waals surface area contributed by atoms with Gasteiger partial charge >= 0.3 is 6.09 Å². The summed E-state index contributed by atoms with van der Waals surface area (Å²) in [5.41, 5.74) is -0.508. The summed E-state index contributed by atoms with van der Waals surface area (Å²) in [4.78, 5) is 23.1. The van der Waals surface area contributed by atoms with E-state index in [9.17, 15) is 9.59 Å². The van der Waals surface area contributed by atoms with E-state index >= 15 is 0 Å². The maximum absolute atomic E-state index is 11.7. The quantitative estimate of drug-likeness (QED) is 0.661. The van der Waals surface area contributed by atoms with Crippen LogP contribution in [0.4, 0.5) is 4.79 Å². The van der Waals surface area contributed by atoms with E-state index in [1.807, 2.05) is 20.8 Å². The lowest BCUT2D eigenvalue weighted by molar-refractivity contribution is -0.123. The van der Waals surface area contributed by atoms with Crippen LogP contribution in [-0.4, -0.2) is 37.3 Å². The molecule has 0 unspecified atom stereocenters. The summed E-state index contributed by atoms with van der Waals surface area (Å²) >= 11 is 11.7. The number of hydrogen-bond donors (Lipinski definition) is 2. The highest BCUT2D eigenvalue weighted by molar-refractivity contribution is 6.42. The monoisotopic (exact) mass is 390 g/mol. The normalized spacial score (nSPS) is 10.9. The molecule has 0 spiro atoms. The van der Waals surface area contributed by atoms with E-state index in [4.69, 9.17) is 32.7 Å². The molecule has 0 fully saturated rings. The summed E-state index contributed by atoms with van der Waals surface area (Å²) in [5, 5.41) is 6.20. The molecule has 0 aliphatic rings. The van der Waals surface area contributed by atoms with Gasteiger partial charge in [-0.2, -0.15) is 0 Å². The highest BCUT2D eigenvalue weighted by Crippen LogP contribution is 2.26. The molecule has 0 heterocycles. The molecule has 1 rings (SSSR count). The smallest absolute Gasteiger partial charge is 0.407 e. The van der Waals surface area contributed by atoms with Gasteiger partial charge in [0.1, 0.15) is 11.4 Å². The second-order valence-corrected chi connectivity index (χ2v) is 7.16. The zero-order chi connectivity index (χ0) is 18.9. The molecule has 0 aliphatic carbocycles. The molecule has 0 saturated heterocycles. The van der Waals surface area contributed by atoms with Crippen LogP contribution < -0.4 is 15.4 Å². The molecule has 6 nitrogen and oxygen atoms in total. The standard InChI is InChI=1S/C17H24Cl2N2O4/c1-17(2,3)25-16(23)21-9-5-4-8-20-15(22)11-24-12-6-7-13(18)14(19)10-12/h6-7,10H,4-5,8-9,11H2,1-3H3,(H,20,22)(H,21,23). The molecule has 2 N–H and O–H groups in total. The molecule has 0 aromatic heterocycles. The van der Waals surface area contributed by atoms with Crippen LogP contribution in [0, 0.1) is 0 Å². The van der Waals surface area contributed by atoms with E-state index < -0.39 is 11.7 Å². The topological polar surface area (TPSA) is 76.7 Å². The van der Waals surface area contributed by atoms with Gasteiger partial charge < -0.3 is 20.1 Å². The van der Waals surface area contributed by atoms with Gasteiger partial charge in [-0.3, -0.25) is 4.79 Å². The number of unbranched alkanes of at least 4 members (excludes halogenated alkanes) is 1. The molecule has 1 aromatic carbocycles. The van der Waals surface area contributed by atoms with Gasteiger partial charge in [0.15, 0.2) is 6.61 Å². The Labute approximate surface area is 158 Å². The highest BCUT2D eigenvalue weighted by atomic mass is 35.5. The summed E-state index contributed by atoms with van der Waals surface area (Å²) in [7, 11) is 0. The van der Waals surface area contributed by atoms with Crippen molar-refractivity contribution in [1.82, 2.24) is 10.6 Å². The number of benzene rings is 1. The zero-order valence-corrected chi connectivity index (χ0v) is 16.2. The molecule has 0 radical (unpaired) electrons. The Morgan fingerprint density at radius 3 is 2.28 bits per heavy atom. The first-order valence-electron chi connectivity index (χ1n) is 7.99. The number of hydrogen-bond acceptors (Lipinski definition) is 4. The molecule has 0 atom stereocenters. The minimum atomic E-state index is -0.508. The summed E-state index contributed by atoms with van der Waals surface area (Å²) in [6.07, 6.45) is 1.02. The fourth-order valence-corrected chi connectivity index (χ4v) is 2.04. The summed E-state index contributed by atoms with van der Waals surface area (Å²) in [6, 6.07) is 4.80. The van der Waals surface area contributed by atoms with Crippen molar-refractivity contribution < 1.29 is 19.1 Å². The van der Waals surface area contributed by atoms with Crippen molar-refractivity contribution in [3.63, 3.8) is 0 Å². The first-order valence-corrected chi connectivity index (χ1v) is 8.74. The van der Waals surface area contributed by atoms with E-state index in [1.165, 1.54) is 0 Å². The van der Waals surface area contributed by atoms with E-state index in [1.54, 1.807) is 18.2 Å². The van der Waals surface area contributed by atoms with Gasteiger partial charge in [0.05, 0.1) is 10.0 Å². The number of amides is 2. The molecule has 140 valence electrons. The molecular formula is C17H24Cl2N2O4. The van der Waals surface area contributed by atoms with Gasteiger partial charge in [-0.05, 0) is 45.7 Å². The van der Waals surface area contributed by atoms with Gasteiger partial charge in [-0.1, -0.05) is 23.2 Å². The van der Waals surface area contributed by atoms with Crippen molar-refractivity contribution in [3.8, 4) is 5.75 Å². The zero-order valence-electron chi connectivity index (χ0n) is 14.7. The minimum absolute atomic E-state index is 0.103. The molecule has 0 bridgehead atoms. The van der Waals surface area contributed by atoms with E-state index in [0.29, 0.717) is 28.9 Å². The maximum atomic E-state index is 11.7. The number of rotatable bonds is 8. The van der Waals surface area contributed by atoms with Crippen molar-refractivity contribution in [3.05, 3.63) is 28.2 Å². The van der Waals surface area contributed by atoms with Crippen molar-refractivity contribution in [2.75, 3.05) is 19.7 Å². The number of nitrogens with one attached hydrogen (secondary N) is 2. The number of alkyl carbamates (subject to hydrolysis) is 1. The summed E-state index contributed by atoms with van der Waals surface area (Å²) < 4.78 is 10.4. The molecule has 0 aliphatic heterocycles. The largest absolute Gasteiger partial charge is 0.484 e. The van der Waals surface area contributed by atoms with Crippen LogP contribution >= 0.6 is 23.2 Å². The van der Waals surface area contributed by atoms with Crippen molar-refractivity contribution >= 4 is 35.2 Å². The fourth-order valence-electron chi connectivity index (χ4n) is 1.75. The van der Waals surface area contributed by atoms with E-state index in [0.717, 1.165) is 12.8 Å². The third-order valence-electron chi connectivity index (χ3n) is 2.85. The highest BCUT2D eigenvalue weighted by Gasteiger charge is 2.15. The van der Waals surface area contributed by atoms with Gasteiger partial charge in [-0.15, -0.1) is 0 Å². The Bertz CT molecular complexity index is 589. The lowest BCUT2D eigenvalue weighted by Crippen LogP contribution is -2.33. The predicted molar refractivity (Wildman–Crippen MR) is 98.4 cm³/mol. The van der Waals surface area contributed by atoms with Gasteiger partial charge in [-0.25, -0.2) is 4.79 Å². The Morgan fingerprint density at radius 1 is 1.04 bits per heavy atom. The summed E-state index contributed by atoms with van der Waals surface area (Å²) in [5.74, 6) is 0.247. The lowest BCUT2D eigenvalue weighted by Gasteiger charge is -2.19. The van der Waals surface area contributed by atoms with Crippen molar-refractivity contribution in [2.24, 2.45) is 0 Å². The molecule has 25 heavy (non-hydrogen) atoms. The average molecular weight is 391 g/mol. The Morgan fingerprint density at radius 2 is 1.68 bits per heavy atom. The number of carbonyl (C=O) groups excluding carboxylic acids is 2.